The Bertz CT molecular complexity index is 902. The van der Waals surface area contributed by atoms with Gasteiger partial charge in [0.2, 0.25) is 0 Å². The van der Waals surface area contributed by atoms with Crippen LogP contribution in [0.1, 0.15) is 39.0 Å². The summed E-state index contributed by atoms with van der Waals surface area (Å²) >= 11 is 0. The molecule has 0 radical (unpaired) electrons. The van der Waals surface area contributed by atoms with E-state index in [1.807, 2.05) is 38.2 Å². The van der Waals surface area contributed by atoms with Crippen LogP contribution in [0.4, 0.5) is 0 Å². The van der Waals surface area contributed by atoms with Crippen molar-refractivity contribution >= 4 is 6.08 Å². The van der Waals surface area contributed by atoms with Crippen molar-refractivity contribution in [3.8, 4) is 5.75 Å². The summed E-state index contributed by atoms with van der Waals surface area (Å²) in [5, 5.41) is 20.8. The lowest BCUT2D eigenvalue weighted by Gasteiger charge is -2.28. The first-order valence-electron chi connectivity index (χ1n) is 9.49. The lowest BCUT2D eigenvalue weighted by Crippen LogP contribution is -2.47. The average Bonchev–Trinajstić information content (AvgIpc) is 2.79. The third-order valence-electron chi connectivity index (χ3n) is 5.22. The minimum atomic E-state index is -1.30. The average molecular weight is 402 g/mol. The minimum absolute atomic E-state index is 0.445. The summed E-state index contributed by atoms with van der Waals surface area (Å²) in [6.45, 7) is 8.79. The van der Waals surface area contributed by atoms with E-state index < -0.39 is 29.0 Å². The summed E-state index contributed by atoms with van der Waals surface area (Å²) in [7, 11) is 1.51. The fourth-order valence-electron chi connectivity index (χ4n) is 3.38. The van der Waals surface area contributed by atoms with Crippen LogP contribution < -0.4 is 10.4 Å². The summed E-state index contributed by atoms with van der Waals surface area (Å²) < 4.78 is 16.1. The molecule has 29 heavy (non-hydrogen) atoms. The summed E-state index contributed by atoms with van der Waals surface area (Å²) in [4.78, 5) is 11.5. The molecular formula is C23H30O6. The molecule has 0 spiro atoms. The van der Waals surface area contributed by atoms with E-state index in [0.717, 1.165) is 11.1 Å². The van der Waals surface area contributed by atoms with Gasteiger partial charge in [-0.2, -0.15) is 0 Å². The van der Waals surface area contributed by atoms with Crippen LogP contribution in [-0.4, -0.2) is 40.7 Å². The summed E-state index contributed by atoms with van der Waals surface area (Å²) in [5.74, 6) is 0.934. The van der Waals surface area contributed by atoms with Crippen molar-refractivity contribution < 1.29 is 24.1 Å². The van der Waals surface area contributed by atoms with Crippen LogP contribution in [0, 0.1) is 6.92 Å². The van der Waals surface area contributed by atoms with E-state index in [0.29, 0.717) is 11.5 Å². The van der Waals surface area contributed by atoms with Crippen molar-refractivity contribution in [3.63, 3.8) is 0 Å². The molecule has 2 heterocycles. The third kappa shape index (κ3) is 5.15. The Kier molecular flexibility index (Phi) is 7.06. The molecule has 1 aliphatic heterocycles. The van der Waals surface area contributed by atoms with Crippen molar-refractivity contribution in [2.45, 2.75) is 58.0 Å². The normalized spacial score (nSPS) is 30.8. The highest BCUT2D eigenvalue weighted by atomic mass is 16.6. The summed E-state index contributed by atoms with van der Waals surface area (Å²) in [6.07, 6.45) is 11.1. The molecule has 6 nitrogen and oxygen atoms in total. The first kappa shape index (κ1) is 22.9. The van der Waals surface area contributed by atoms with E-state index in [9.17, 15) is 15.0 Å². The molecule has 158 valence electrons. The Morgan fingerprint density at radius 2 is 1.90 bits per heavy atom. The van der Waals surface area contributed by atoms with Gasteiger partial charge >= 0.3 is 5.63 Å². The van der Waals surface area contributed by atoms with Crippen LogP contribution >= 0.6 is 0 Å². The van der Waals surface area contributed by atoms with Gasteiger partial charge in [0.05, 0.1) is 19.3 Å². The molecule has 0 saturated carbocycles. The number of allylic oxidation sites excluding steroid dienone is 6. The standard InChI is InChI=1S/C23H30O6/c1-15(14-22(4)21(25)23(5,26)17(3)29-22)11-9-7-8-10-12-18-16(2)19(27-6)13-20(24)28-18/h7-14,17,21,25-26H,1-6H3/b8-7-,11-9-,12-10-,15-14-/t17-,21-,22+,23-/m0/s1. The molecule has 1 aliphatic rings. The Morgan fingerprint density at radius 3 is 2.48 bits per heavy atom. The maximum Gasteiger partial charge on any atom is 0.339 e. The first-order chi connectivity index (χ1) is 13.5. The van der Waals surface area contributed by atoms with Gasteiger partial charge in [-0.1, -0.05) is 36.0 Å². The number of hydrogen-bond acceptors (Lipinski definition) is 6. The van der Waals surface area contributed by atoms with Crippen LogP contribution in [0.3, 0.4) is 0 Å². The molecule has 1 aromatic rings. The Hall–Kier alpha value is -2.41. The van der Waals surface area contributed by atoms with E-state index in [-0.39, 0.29) is 0 Å². The van der Waals surface area contributed by atoms with E-state index in [2.05, 4.69) is 0 Å². The van der Waals surface area contributed by atoms with Crippen LogP contribution in [0.15, 0.2) is 57.3 Å². The summed E-state index contributed by atoms with van der Waals surface area (Å²) in [5.41, 5.74) is -1.08. The van der Waals surface area contributed by atoms with Crippen LogP contribution in [-0.2, 0) is 4.74 Å². The van der Waals surface area contributed by atoms with Crippen molar-refractivity contribution in [2.75, 3.05) is 7.11 Å². The van der Waals surface area contributed by atoms with Gasteiger partial charge in [0.25, 0.3) is 0 Å². The largest absolute Gasteiger partial charge is 0.496 e. The maximum absolute atomic E-state index is 11.5. The van der Waals surface area contributed by atoms with Gasteiger partial charge in [-0.15, -0.1) is 0 Å². The van der Waals surface area contributed by atoms with Crippen molar-refractivity contribution in [1.29, 1.82) is 0 Å². The number of hydrogen-bond donors (Lipinski definition) is 2. The van der Waals surface area contributed by atoms with Gasteiger partial charge in [-0.05, 0) is 46.8 Å². The molecule has 0 aromatic carbocycles. The summed E-state index contributed by atoms with van der Waals surface area (Å²) in [6, 6.07) is 1.31. The van der Waals surface area contributed by atoms with E-state index >= 15 is 0 Å². The molecule has 6 heteroatoms. The van der Waals surface area contributed by atoms with Crippen LogP contribution in [0.5, 0.6) is 5.75 Å². The van der Waals surface area contributed by atoms with E-state index in [4.69, 9.17) is 13.9 Å². The van der Waals surface area contributed by atoms with Gasteiger partial charge in [0, 0.05) is 5.56 Å². The smallest absolute Gasteiger partial charge is 0.339 e. The van der Waals surface area contributed by atoms with Gasteiger partial charge < -0.3 is 24.1 Å². The fraction of sp³-hybridized carbons (Fsp3) is 0.435. The third-order valence-corrected chi connectivity index (χ3v) is 5.22. The Labute approximate surface area is 171 Å². The molecule has 0 unspecified atom stereocenters. The zero-order valence-corrected chi connectivity index (χ0v) is 17.8. The molecule has 2 N–H and O–H groups in total. The number of rotatable bonds is 6. The van der Waals surface area contributed by atoms with Gasteiger partial charge in [-0.25, -0.2) is 4.79 Å². The zero-order valence-electron chi connectivity index (χ0n) is 17.8. The van der Waals surface area contributed by atoms with Gasteiger partial charge in [0.15, 0.2) is 0 Å². The molecular weight excluding hydrogens is 372 g/mol. The molecule has 1 aromatic heterocycles. The molecule has 0 bridgehead atoms. The van der Waals surface area contributed by atoms with Crippen LogP contribution in [0.25, 0.3) is 6.08 Å². The minimum Gasteiger partial charge on any atom is -0.496 e. The highest BCUT2D eigenvalue weighted by Gasteiger charge is 2.55. The second kappa shape index (κ2) is 8.95. The van der Waals surface area contributed by atoms with Gasteiger partial charge in [-0.3, -0.25) is 0 Å². The van der Waals surface area contributed by atoms with Crippen LogP contribution in [0.2, 0.25) is 0 Å². The SMILES string of the molecule is COc1cc(=O)oc(\C=C/C=C\C=C/C(C)=C\[C@@]2(C)O[C@@H](C)[C@](C)(O)[C@H]2O)c1C. The monoisotopic (exact) mass is 402 g/mol. The predicted molar refractivity (Wildman–Crippen MR) is 113 cm³/mol. The highest BCUT2D eigenvalue weighted by Crippen LogP contribution is 2.39. The van der Waals surface area contributed by atoms with E-state index in [1.165, 1.54) is 13.2 Å². The predicted octanol–water partition coefficient (Wildman–Crippen LogP) is 3.32. The van der Waals surface area contributed by atoms with Crippen molar-refractivity contribution in [2.24, 2.45) is 0 Å². The Balaban J connectivity index is 2.04. The number of ether oxygens (including phenoxy) is 2. The molecule has 2 rings (SSSR count). The fourth-order valence-corrected chi connectivity index (χ4v) is 3.38. The first-order valence-corrected chi connectivity index (χ1v) is 9.49. The van der Waals surface area contributed by atoms with Crippen molar-refractivity contribution in [3.05, 3.63) is 69.8 Å². The molecule has 0 amide bonds. The van der Waals surface area contributed by atoms with Gasteiger partial charge in [0.1, 0.15) is 28.8 Å². The molecule has 1 saturated heterocycles. The molecule has 1 fully saturated rings. The maximum atomic E-state index is 11.5. The second-order valence-electron chi connectivity index (χ2n) is 7.69. The number of methoxy groups -OCH3 is 1. The topological polar surface area (TPSA) is 89.1 Å². The second-order valence-corrected chi connectivity index (χ2v) is 7.69. The quantitative estimate of drug-likeness (QED) is 0.710. The highest BCUT2D eigenvalue weighted by molar-refractivity contribution is 5.52. The molecule has 0 aliphatic carbocycles. The van der Waals surface area contributed by atoms with Crippen molar-refractivity contribution in [1.82, 2.24) is 0 Å². The molecule has 4 atom stereocenters. The lowest BCUT2D eigenvalue weighted by atomic mass is 9.86. The number of aliphatic hydroxyl groups is 2. The van der Waals surface area contributed by atoms with E-state index in [1.54, 1.807) is 39.0 Å². The lowest BCUT2D eigenvalue weighted by molar-refractivity contribution is -0.0579. The Morgan fingerprint density at radius 1 is 1.24 bits per heavy atom. The zero-order chi connectivity index (χ0) is 21.8. The number of aliphatic hydroxyl groups excluding tert-OH is 1.